The van der Waals surface area contributed by atoms with Crippen molar-refractivity contribution in [2.24, 2.45) is 0 Å². The van der Waals surface area contributed by atoms with Crippen molar-refractivity contribution in [3.05, 3.63) is 54.6 Å². The van der Waals surface area contributed by atoms with Crippen LogP contribution in [0.2, 0.25) is 0 Å². The number of rotatable bonds is 4. The van der Waals surface area contributed by atoms with Crippen molar-refractivity contribution in [1.29, 1.82) is 0 Å². The van der Waals surface area contributed by atoms with Crippen LogP contribution in [0.4, 0.5) is 21.9 Å². The number of carbonyl (C=O) groups is 1. The second-order valence-corrected chi connectivity index (χ2v) is 5.19. The van der Waals surface area contributed by atoms with Gasteiger partial charge in [-0.25, -0.2) is 4.79 Å². The Labute approximate surface area is 125 Å². The highest BCUT2D eigenvalue weighted by Gasteiger charge is 2.05. The van der Waals surface area contributed by atoms with E-state index in [4.69, 9.17) is 0 Å². The maximum atomic E-state index is 11.6. The van der Waals surface area contributed by atoms with Gasteiger partial charge in [-0.1, -0.05) is 18.2 Å². The number of nitrogens with one attached hydrogen (secondary N) is 2. The number of hydrogen-bond donors (Lipinski definition) is 2. The lowest BCUT2D eigenvalue weighted by Crippen LogP contribution is -2.34. The van der Waals surface area contributed by atoms with Crippen molar-refractivity contribution in [2.45, 2.75) is 19.9 Å². The highest BCUT2D eigenvalue weighted by atomic mass is 16.2. The van der Waals surface area contributed by atoms with Crippen LogP contribution in [0.25, 0.3) is 0 Å². The summed E-state index contributed by atoms with van der Waals surface area (Å²) in [5.74, 6) is 0. The number of carbonyl (C=O) groups excluding carboxylic acids is 1. The van der Waals surface area contributed by atoms with E-state index in [1.54, 1.807) is 0 Å². The van der Waals surface area contributed by atoms with E-state index in [9.17, 15) is 4.79 Å². The average Bonchev–Trinajstić information content (AvgIpc) is 2.47. The molecule has 0 heterocycles. The summed E-state index contributed by atoms with van der Waals surface area (Å²) in [7, 11) is 2.02. The molecule has 2 aromatic rings. The fraction of sp³-hybridized carbons (Fsp3) is 0.235. The minimum absolute atomic E-state index is 0.119. The van der Waals surface area contributed by atoms with Gasteiger partial charge in [0.15, 0.2) is 0 Å². The largest absolute Gasteiger partial charge is 0.345 e. The van der Waals surface area contributed by atoms with Crippen LogP contribution >= 0.6 is 0 Å². The molecule has 0 aliphatic heterocycles. The minimum atomic E-state index is -0.186. The van der Waals surface area contributed by atoms with E-state index in [-0.39, 0.29) is 12.1 Å². The molecular formula is C17H21N3O. The summed E-state index contributed by atoms with van der Waals surface area (Å²) in [6.07, 6.45) is 0. The third kappa shape index (κ3) is 4.24. The van der Waals surface area contributed by atoms with Crippen molar-refractivity contribution >= 4 is 23.1 Å². The van der Waals surface area contributed by atoms with Gasteiger partial charge in [0, 0.05) is 30.2 Å². The fourth-order valence-electron chi connectivity index (χ4n) is 2.00. The van der Waals surface area contributed by atoms with Crippen LogP contribution in [-0.4, -0.2) is 19.1 Å². The van der Waals surface area contributed by atoms with Gasteiger partial charge >= 0.3 is 6.03 Å². The van der Waals surface area contributed by atoms with Gasteiger partial charge < -0.3 is 15.5 Å². The van der Waals surface area contributed by atoms with Gasteiger partial charge in [-0.2, -0.15) is 0 Å². The molecule has 0 spiro atoms. The Kier molecular flexibility index (Phi) is 4.82. The molecule has 21 heavy (non-hydrogen) atoms. The number of benzene rings is 2. The van der Waals surface area contributed by atoms with Crippen molar-refractivity contribution in [1.82, 2.24) is 5.32 Å². The molecule has 2 amide bonds. The molecule has 0 fully saturated rings. The van der Waals surface area contributed by atoms with E-state index >= 15 is 0 Å². The van der Waals surface area contributed by atoms with Crippen molar-refractivity contribution < 1.29 is 4.79 Å². The normalized spacial score (nSPS) is 10.3. The average molecular weight is 283 g/mol. The molecule has 0 saturated heterocycles. The zero-order valence-corrected chi connectivity index (χ0v) is 12.6. The Hall–Kier alpha value is -2.49. The van der Waals surface area contributed by atoms with Gasteiger partial charge in [-0.05, 0) is 50.2 Å². The van der Waals surface area contributed by atoms with E-state index in [2.05, 4.69) is 27.7 Å². The van der Waals surface area contributed by atoms with Gasteiger partial charge in [0.1, 0.15) is 0 Å². The first-order chi connectivity index (χ1) is 10.1. The molecule has 110 valence electrons. The van der Waals surface area contributed by atoms with Gasteiger partial charge in [-0.3, -0.25) is 0 Å². The van der Waals surface area contributed by atoms with Gasteiger partial charge in [0.2, 0.25) is 0 Å². The summed E-state index contributed by atoms with van der Waals surface area (Å²) >= 11 is 0. The topological polar surface area (TPSA) is 44.4 Å². The lowest BCUT2D eigenvalue weighted by atomic mass is 10.2. The molecule has 2 N–H and O–H groups in total. The van der Waals surface area contributed by atoms with Crippen LogP contribution in [0.15, 0.2) is 54.6 Å². The first-order valence-corrected chi connectivity index (χ1v) is 7.02. The van der Waals surface area contributed by atoms with Crippen molar-refractivity contribution in [3.8, 4) is 0 Å². The van der Waals surface area contributed by atoms with Crippen LogP contribution in [0, 0.1) is 0 Å². The molecule has 0 radical (unpaired) electrons. The summed E-state index contributed by atoms with van der Waals surface area (Å²) < 4.78 is 0. The van der Waals surface area contributed by atoms with Gasteiger partial charge in [-0.15, -0.1) is 0 Å². The Morgan fingerprint density at radius 2 is 1.52 bits per heavy atom. The maximum Gasteiger partial charge on any atom is 0.319 e. The van der Waals surface area contributed by atoms with Crippen LogP contribution in [0.3, 0.4) is 0 Å². The van der Waals surface area contributed by atoms with Crippen LogP contribution in [-0.2, 0) is 0 Å². The van der Waals surface area contributed by atoms with Crippen LogP contribution in [0.1, 0.15) is 13.8 Å². The van der Waals surface area contributed by atoms with E-state index in [0.29, 0.717) is 0 Å². The number of nitrogens with zero attached hydrogens (tertiary/aromatic N) is 1. The summed E-state index contributed by atoms with van der Waals surface area (Å²) in [4.78, 5) is 13.7. The second kappa shape index (κ2) is 6.79. The lowest BCUT2D eigenvalue weighted by Gasteiger charge is -2.19. The Morgan fingerprint density at radius 1 is 0.952 bits per heavy atom. The molecule has 2 rings (SSSR count). The monoisotopic (exact) mass is 283 g/mol. The third-order valence-electron chi connectivity index (χ3n) is 3.08. The molecule has 4 heteroatoms. The van der Waals surface area contributed by atoms with E-state index < -0.39 is 0 Å². The predicted octanol–water partition coefficient (Wildman–Crippen LogP) is 3.98. The number of hydrogen-bond acceptors (Lipinski definition) is 2. The van der Waals surface area contributed by atoms with E-state index in [1.165, 1.54) is 0 Å². The third-order valence-corrected chi connectivity index (χ3v) is 3.08. The lowest BCUT2D eigenvalue weighted by molar-refractivity contribution is 0.250. The highest BCUT2D eigenvalue weighted by Crippen LogP contribution is 2.24. The summed E-state index contributed by atoms with van der Waals surface area (Å²) in [5, 5.41) is 5.60. The molecule has 0 aromatic heterocycles. The summed E-state index contributed by atoms with van der Waals surface area (Å²) in [6, 6.07) is 17.8. The number of amides is 2. The Morgan fingerprint density at radius 3 is 2.10 bits per heavy atom. The fourth-order valence-corrected chi connectivity index (χ4v) is 2.00. The maximum absolute atomic E-state index is 11.6. The van der Waals surface area contributed by atoms with Gasteiger partial charge in [0.05, 0.1) is 0 Å². The SMILES string of the molecule is CC(C)NC(=O)Nc1ccc(N(C)c2ccccc2)cc1. The first kappa shape index (κ1) is 14.9. The predicted molar refractivity (Wildman–Crippen MR) is 88.2 cm³/mol. The molecule has 0 atom stereocenters. The zero-order valence-electron chi connectivity index (χ0n) is 12.6. The Bertz CT molecular complexity index is 579. The standard InChI is InChI=1S/C17H21N3O/c1-13(2)18-17(21)19-14-9-11-16(12-10-14)20(3)15-7-5-4-6-8-15/h4-13H,1-3H3,(H2,18,19,21). The number of para-hydroxylation sites is 1. The smallest absolute Gasteiger partial charge is 0.319 e. The second-order valence-electron chi connectivity index (χ2n) is 5.19. The molecule has 0 saturated carbocycles. The van der Waals surface area contributed by atoms with E-state index in [1.807, 2.05) is 63.4 Å². The molecule has 0 bridgehead atoms. The zero-order chi connectivity index (χ0) is 15.2. The molecule has 0 aliphatic rings. The molecule has 2 aromatic carbocycles. The quantitative estimate of drug-likeness (QED) is 0.891. The molecular weight excluding hydrogens is 262 g/mol. The Balaban J connectivity index is 2.04. The number of urea groups is 1. The molecule has 0 unspecified atom stereocenters. The van der Waals surface area contributed by atoms with Crippen LogP contribution in [0.5, 0.6) is 0 Å². The minimum Gasteiger partial charge on any atom is -0.345 e. The first-order valence-electron chi connectivity index (χ1n) is 7.02. The van der Waals surface area contributed by atoms with Crippen LogP contribution < -0.4 is 15.5 Å². The van der Waals surface area contributed by atoms with Crippen molar-refractivity contribution in [3.63, 3.8) is 0 Å². The highest BCUT2D eigenvalue weighted by molar-refractivity contribution is 5.89. The molecule has 0 aliphatic carbocycles. The van der Waals surface area contributed by atoms with Crippen molar-refractivity contribution in [2.75, 3.05) is 17.3 Å². The summed E-state index contributed by atoms with van der Waals surface area (Å²) in [6.45, 7) is 3.86. The van der Waals surface area contributed by atoms with E-state index in [0.717, 1.165) is 17.1 Å². The molecule has 4 nitrogen and oxygen atoms in total. The summed E-state index contributed by atoms with van der Waals surface area (Å²) in [5.41, 5.74) is 2.96. The van der Waals surface area contributed by atoms with Gasteiger partial charge in [0.25, 0.3) is 0 Å². The number of anilines is 3.